The maximum absolute atomic E-state index is 5.55. The lowest BCUT2D eigenvalue weighted by atomic mass is 9.92. The van der Waals surface area contributed by atoms with E-state index < -0.39 is 0 Å². The topological polar surface area (TPSA) is 53.3 Å². The van der Waals surface area contributed by atoms with Crippen molar-refractivity contribution in [2.45, 2.75) is 58.5 Å². The Morgan fingerprint density at radius 3 is 2.93 bits per heavy atom. The fourth-order valence-corrected chi connectivity index (χ4v) is 4.55. The Balaban J connectivity index is 1.47. The fraction of sp³-hybridized carbons (Fsp3) is 0.591. The predicted molar refractivity (Wildman–Crippen MR) is 107 cm³/mol. The summed E-state index contributed by atoms with van der Waals surface area (Å²) in [5.41, 5.74) is 12.1. The summed E-state index contributed by atoms with van der Waals surface area (Å²) < 4.78 is 5.55. The van der Waals surface area contributed by atoms with E-state index in [2.05, 4.69) is 65.9 Å². The van der Waals surface area contributed by atoms with Gasteiger partial charge in [0, 0.05) is 31.5 Å². The van der Waals surface area contributed by atoms with Gasteiger partial charge in [0.15, 0.2) is 0 Å². The van der Waals surface area contributed by atoms with Crippen LogP contribution < -0.4 is 10.9 Å². The molecule has 0 spiro atoms. The summed E-state index contributed by atoms with van der Waals surface area (Å²) in [4.78, 5) is 2.61. The number of benzene rings is 1. The van der Waals surface area contributed by atoms with Crippen LogP contribution in [0.5, 0.6) is 0 Å². The molecule has 2 aromatic rings. The predicted octanol–water partition coefficient (Wildman–Crippen LogP) is 3.85. The summed E-state index contributed by atoms with van der Waals surface area (Å²) in [7, 11) is 0. The van der Waals surface area contributed by atoms with Crippen molar-refractivity contribution in [2.75, 3.05) is 19.6 Å². The van der Waals surface area contributed by atoms with Crippen LogP contribution >= 0.6 is 0 Å². The average molecular weight is 369 g/mol. The van der Waals surface area contributed by atoms with Crippen molar-refractivity contribution < 1.29 is 4.52 Å². The summed E-state index contributed by atoms with van der Waals surface area (Å²) >= 11 is 0. The Bertz CT molecular complexity index is 771. The van der Waals surface area contributed by atoms with Gasteiger partial charge in [-0.05, 0) is 56.3 Å². The number of hydrogen-bond acceptors (Lipinski definition) is 5. The molecule has 2 N–H and O–H groups in total. The molecule has 0 radical (unpaired) electrons. The van der Waals surface area contributed by atoms with E-state index in [1.807, 2.05) is 0 Å². The van der Waals surface area contributed by atoms with Gasteiger partial charge in [0.2, 0.25) is 0 Å². The van der Waals surface area contributed by atoms with Crippen LogP contribution in [-0.4, -0.2) is 29.7 Å². The third kappa shape index (κ3) is 3.96. The summed E-state index contributed by atoms with van der Waals surface area (Å²) in [5.74, 6) is 1.58. The number of hydrazine groups is 1. The summed E-state index contributed by atoms with van der Waals surface area (Å²) in [5, 5.41) is 4.39. The van der Waals surface area contributed by atoms with Gasteiger partial charge >= 0.3 is 0 Å². The van der Waals surface area contributed by atoms with Crippen LogP contribution in [-0.2, 0) is 6.42 Å². The summed E-state index contributed by atoms with van der Waals surface area (Å²) in [6.45, 7) is 9.79. The van der Waals surface area contributed by atoms with Gasteiger partial charge in [-0.1, -0.05) is 30.3 Å². The molecule has 2 aliphatic heterocycles. The highest BCUT2D eigenvalue weighted by Gasteiger charge is 2.35. The van der Waals surface area contributed by atoms with E-state index in [1.165, 1.54) is 29.5 Å². The molecule has 0 aliphatic carbocycles. The molecular weight excluding hydrogens is 336 g/mol. The quantitative estimate of drug-likeness (QED) is 0.811. The lowest BCUT2D eigenvalue weighted by Gasteiger charge is -2.28. The third-order valence-corrected chi connectivity index (χ3v) is 6.23. The Kier molecular flexibility index (Phi) is 5.62. The van der Waals surface area contributed by atoms with E-state index in [9.17, 15) is 0 Å². The minimum absolute atomic E-state index is 0.360. The van der Waals surface area contributed by atoms with Crippen molar-refractivity contribution in [1.29, 1.82) is 0 Å². The molecule has 0 bridgehead atoms. The zero-order chi connectivity index (χ0) is 18.8. The number of nitrogens with one attached hydrogen (secondary N) is 2. The Hall–Kier alpha value is -1.69. The smallest absolute Gasteiger partial charge is 0.137 e. The number of hydrogen-bond donors (Lipinski definition) is 2. The minimum atomic E-state index is 0.360. The highest BCUT2D eigenvalue weighted by Crippen LogP contribution is 2.35. The van der Waals surface area contributed by atoms with E-state index >= 15 is 0 Å². The lowest BCUT2D eigenvalue weighted by molar-refractivity contribution is 0.203. The fourth-order valence-electron chi connectivity index (χ4n) is 4.55. The van der Waals surface area contributed by atoms with E-state index in [0.717, 1.165) is 43.9 Å². The van der Waals surface area contributed by atoms with Gasteiger partial charge in [0.25, 0.3) is 0 Å². The van der Waals surface area contributed by atoms with Crippen LogP contribution in [0.4, 0.5) is 0 Å². The second kappa shape index (κ2) is 8.13. The van der Waals surface area contributed by atoms with Gasteiger partial charge in [-0.25, -0.2) is 5.43 Å². The van der Waals surface area contributed by atoms with Gasteiger partial charge in [-0.15, -0.1) is 0 Å². The van der Waals surface area contributed by atoms with Crippen molar-refractivity contribution in [2.24, 2.45) is 5.92 Å². The van der Waals surface area contributed by atoms with Crippen LogP contribution in [0.25, 0.3) is 0 Å². The molecule has 1 aromatic heterocycles. The Labute approximate surface area is 162 Å². The monoisotopic (exact) mass is 368 g/mol. The molecule has 2 fully saturated rings. The van der Waals surface area contributed by atoms with Crippen LogP contribution in [0.3, 0.4) is 0 Å². The standard InChI is InChI=1S/C22H32N4O/c1-4-6-19-12-20(25-27-19)21-7-5-10-26(21)14-18-13-23-24-22(18)17-9-8-15(2)16(3)11-17/h8-9,11-12,18,21-24H,4-7,10,13-14H2,1-3H3. The van der Waals surface area contributed by atoms with Crippen LogP contribution in [0.15, 0.2) is 28.8 Å². The van der Waals surface area contributed by atoms with Crippen molar-refractivity contribution in [3.05, 3.63) is 52.4 Å². The zero-order valence-corrected chi connectivity index (χ0v) is 16.8. The second-order valence-electron chi connectivity index (χ2n) is 8.23. The number of likely N-dealkylation sites (tertiary alicyclic amines) is 1. The summed E-state index contributed by atoms with van der Waals surface area (Å²) in [6, 6.07) is 9.79. The van der Waals surface area contributed by atoms with E-state index in [-0.39, 0.29) is 0 Å². The number of rotatable bonds is 6. The molecule has 146 valence electrons. The van der Waals surface area contributed by atoms with Crippen LogP contribution in [0, 0.1) is 19.8 Å². The highest BCUT2D eigenvalue weighted by molar-refractivity contribution is 5.32. The summed E-state index contributed by atoms with van der Waals surface area (Å²) in [6.07, 6.45) is 4.49. The molecule has 27 heavy (non-hydrogen) atoms. The zero-order valence-electron chi connectivity index (χ0n) is 16.8. The number of aromatic nitrogens is 1. The van der Waals surface area contributed by atoms with Crippen LogP contribution in [0.1, 0.15) is 66.4 Å². The molecular formula is C22H32N4O. The average Bonchev–Trinajstić information content (AvgIpc) is 3.39. The molecule has 3 unspecified atom stereocenters. The molecule has 3 heterocycles. The van der Waals surface area contributed by atoms with Crippen molar-refractivity contribution in [3.8, 4) is 0 Å². The number of nitrogens with zero attached hydrogens (tertiary/aromatic N) is 2. The molecule has 2 saturated heterocycles. The van der Waals surface area contributed by atoms with Crippen molar-refractivity contribution in [3.63, 3.8) is 0 Å². The molecule has 2 aliphatic rings. The van der Waals surface area contributed by atoms with Gasteiger partial charge in [-0.3, -0.25) is 10.3 Å². The number of aryl methyl sites for hydroxylation is 3. The van der Waals surface area contributed by atoms with Gasteiger partial charge in [0.1, 0.15) is 11.5 Å². The van der Waals surface area contributed by atoms with Gasteiger partial charge < -0.3 is 4.52 Å². The molecule has 1 aromatic carbocycles. The van der Waals surface area contributed by atoms with Gasteiger partial charge in [0.05, 0.1) is 12.1 Å². The Morgan fingerprint density at radius 2 is 2.11 bits per heavy atom. The Morgan fingerprint density at radius 1 is 1.22 bits per heavy atom. The first kappa shape index (κ1) is 18.7. The lowest BCUT2D eigenvalue weighted by Crippen LogP contribution is -2.33. The maximum Gasteiger partial charge on any atom is 0.137 e. The molecule has 5 heteroatoms. The maximum atomic E-state index is 5.55. The molecule has 0 saturated carbocycles. The van der Waals surface area contributed by atoms with Crippen molar-refractivity contribution in [1.82, 2.24) is 20.9 Å². The molecule has 0 amide bonds. The van der Waals surface area contributed by atoms with E-state index in [4.69, 9.17) is 4.52 Å². The molecule has 3 atom stereocenters. The highest BCUT2D eigenvalue weighted by atomic mass is 16.5. The minimum Gasteiger partial charge on any atom is -0.361 e. The SMILES string of the molecule is CCCc1cc(C2CCCN2CC2CNNC2c2ccc(C)c(C)c2)no1. The first-order valence-electron chi connectivity index (χ1n) is 10.4. The largest absolute Gasteiger partial charge is 0.361 e. The first-order valence-corrected chi connectivity index (χ1v) is 10.4. The molecule has 5 nitrogen and oxygen atoms in total. The second-order valence-corrected chi connectivity index (χ2v) is 8.23. The van der Waals surface area contributed by atoms with Crippen LogP contribution in [0.2, 0.25) is 0 Å². The van der Waals surface area contributed by atoms with E-state index in [0.29, 0.717) is 18.0 Å². The first-order chi connectivity index (χ1) is 13.2. The molecule has 4 rings (SSSR count). The third-order valence-electron chi connectivity index (χ3n) is 6.23. The van der Waals surface area contributed by atoms with Crippen molar-refractivity contribution >= 4 is 0 Å². The van der Waals surface area contributed by atoms with Gasteiger partial charge in [-0.2, -0.15) is 0 Å². The van der Waals surface area contributed by atoms with E-state index in [1.54, 1.807) is 0 Å². The normalized spacial score (nSPS) is 26.1.